The Kier molecular flexibility index (Phi) is 5.59. The van der Waals surface area contributed by atoms with E-state index in [2.05, 4.69) is 0 Å². The predicted molar refractivity (Wildman–Crippen MR) is 92.1 cm³/mol. The van der Waals surface area contributed by atoms with Gasteiger partial charge in [-0.05, 0) is 37.6 Å². The molecule has 0 bridgehead atoms. The fourth-order valence-electron chi connectivity index (χ4n) is 2.17. The fraction of sp³-hybridized carbons (Fsp3) is 0.312. The molecule has 2 rings (SSSR count). The van der Waals surface area contributed by atoms with Gasteiger partial charge < -0.3 is 4.90 Å². The van der Waals surface area contributed by atoms with Crippen LogP contribution in [0.5, 0.6) is 0 Å². The second kappa shape index (κ2) is 7.44. The van der Waals surface area contributed by atoms with Gasteiger partial charge in [0.05, 0.1) is 12.5 Å². The predicted octanol–water partition coefficient (Wildman–Crippen LogP) is 3.13. The van der Waals surface area contributed by atoms with Crippen molar-refractivity contribution in [1.82, 2.24) is 4.57 Å². The molecular formula is C16H16ClN3O2S. The molecule has 0 aliphatic heterocycles. The summed E-state index contributed by atoms with van der Waals surface area (Å²) in [6.45, 7) is 3.87. The Balaban J connectivity index is 2.30. The van der Waals surface area contributed by atoms with Gasteiger partial charge in [0.1, 0.15) is 6.54 Å². The number of anilines is 1. The van der Waals surface area contributed by atoms with E-state index in [9.17, 15) is 9.59 Å². The van der Waals surface area contributed by atoms with Gasteiger partial charge in [0, 0.05) is 28.3 Å². The van der Waals surface area contributed by atoms with Gasteiger partial charge in [-0.3, -0.25) is 14.2 Å². The van der Waals surface area contributed by atoms with E-state index in [1.165, 1.54) is 9.47 Å². The highest BCUT2D eigenvalue weighted by atomic mass is 35.5. The zero-order valence-electron chi connectivity index (χ0n) is 12.9. The maximum atomic E-state index is 12.6. The van der Waals surface area contributed by atoms with Gasteiger partial charge in [-0.1, -0.05) is 22.9 Å². The molecule has 1 aromatic heterocycles. The Morgan fingerprint density at radius 3 is 2.74 bits per heavy atom. The van der Waals surface area contributed by atoms with Gasteiger partial charge in [-0.2, -0.15) is 5.26 Å². The van der Waals surface area contributed by atoms with Crippen LogP contribution in [0.2, 0.25) is 5.02 Å². The molecule has 0 atom stereocenters. The summed E-state index contributed by atoms with van der Waals surface area (Å²) in [4.78, 5) is 25.8. The topological polar surface area (TPSA) is 66.1 Å². The molecule has 1 amide bonds. The molecule has 0 aliphatic carbocycles. The number of nitriles is 1. The number of amides is 1. The number of aromatic nitrogens is 1. The van der Waals surface area contributed by atoms with Gasteiger partial charge in [0.15, 0.2) is 0 Å². The molecule has 0 spiro atoms. The van der Waals surface area contributed by atoms with Gasteiger partial charge >= 0.3 is 4.87 Å². The van der Waals surface area contributed by atoms with Gasteiger partial charge in [-0.15, -0.1) is 0 Å². The second-order valence-corrected chi connectivity index (χ2v) is 6.34. The van der Waals surface area contributed by atoms with Crippen LogP contribution in [0.15, 0.2) is 28.4 Å². The summed E-state index contributed by atoms with van der Waals surface area (Å²) in [6.07, 6.45) is 0.213. The summed E-state index contributed by atoms with van der Waals surface area (Å²) in [6, 6.07) is 7.32. The molecule has 0 radical (unpaired) electrons. The van der Waals surface area contributed by atoms with Crippen LogP contribution in [0.4, 0.5) is 5.69 Å². The van der Waals surface area contributed by atoms with Gasteiger partial charge in [0.2, 0.25) is 5.91 Å². The average molecular weight is 350 g/mol. The lowest BCUT2D eigenvalue weighted by molar-refractivity contribution is -0.119. The Morgan fingerprint density at radius 2 is 2.17 bits per heavy atom. The first-order valence-electron chi connectivity index (χ1n) is 7.02. The molecule has 2 aromatic rings. The summed E-state index contributed by atoms with van der Waals surface area (Å²) in [5, 5.41) is 11.2. The second-order valence-electron chi connectivity index (χ2n) is 5.12. The average Bonchev–Trinajstić information content (AvgIpc) is 2.83. The molecule has 0 N–H and O–H groups in total. The number of rotatable bonds is 5. The Bertz CT molecular complexity index is 819. The Hall–Kier alpha value is -2.10. The van der Waals surface area contributed by atoms with Crippen molar-refractivity contribution in [2.24, 2.45) is 0 Å². The first-order valence-corrected chi connectivity index (χ1v) is 8.28. The maximum absolute atomic E-state index is 12.6. The minimum Gasteiger partial charge on any atom is -0.310 e. The van der Waals surface area contributed by atoms with Crippen LogP contribution >= 0.6 is 22.9 Å². The van der Waals surface area contributed by atoms with E-state index in [-0.39, 0.29) is 30.3 Å². The van der Waals surface area contributed by atoms with Crippen molar-refractivity contribution in [2.45, 2.75) is 26.8 Å². The molecule has 23 heavy (non-hydrogen) atoms. The molecule has 0 saturated heterocycles. The molecule has 0 saturated carbocycles. The van der Waals surface area contributed by atoms with Crippen LogP contribution < -0.4 is 9.77 Å². The summed E-state index contributed by atoms with van der Waals surface area (Å²) in [5.74, 6) is -0.231. The number of carbonyl (C=O) groups excluding carboxylic acids is 1. The highest BCUT2D eigenvalue weighted by molar-refractivity contribution is 7.07. The molecule has 0 unspecified atom stereocenters. The quantitative estimate of drug-likeness (QED) is 0.832. The van der Waals surface area contributed by atoms with Crippen LogP contribution in [-0.4, -0.2) is 17.0 Å². The van der Waals surface area contributed by atoms with Crippen LogP contribution in [0.25, 0.3) is 0 Å². The summed E-state index contributed by atoms with van der Waals surface area (Å²) >= 11 is 7.10. The van der Waals surface area contributed by atoms with Crippen molar-refractivity contribution in [3.05, 3.63) is 49.5 Å². The van der Waals surface area contributed by atoms with E-state index < -0.39 is 0 Å². The van der Waals surface area contributed by atoms with Crippen molar-refractivity contribution >= 4 is 34.5 Å². The van der Waals surface area contributed by atoms with Crippen LogP contribution in [0.1, 0.15) is 17.7 Å². The monoisotopic (exact) mass is 349 g/mol. The standard InChI is InChI=1S/C16H16ClN3O2S/c1-11-8-13(4-5-14(11)17)19(7-3-6-18)15(21)9-20-12(2)10-23-16(20)22/h4-5,8,10H,3,7,9H2,1-2H3. The molecule has 1 heterocycles. The SMILES string of the molecule is Cc1cc(N(CCC#N)C(=O)Cn2c(C)csc2=O)ccc1Cl. The molecule has 5 nitrogen and oxygen atoms in total. The van der Waals surface area contributed by atoms with Crippen molar-refractivity contribution < 1.29 is 4.79 Å². The summed E-state index contributed by atoms with van der Waals surface area (Å²) < 4.78 is 1.44. The minimum atomic E-state index is -0.231. The van der Waals surface area contributed by atoms with E-state index in [1.54, 1.807) is 30.5 Å². The highest BCUT2D eigenvalue weighted by Crippen LogP contribution is 2.23. The molecule has 0 aliphatic rings. The van der Waals surface area contributed by atoms with Crippen LogP contribution in [0, 0.1) is 25.2 Å². The zero-order chi connectivity index (χ0) is 17.0. The fourth-order valence-corrected chi connectivity index (χ4v) is 3.03. The third-order valence-corrected chi connectivity index (χ3v) is 4.78. The Labute approximate surface area is 143 Å². The van der Waals surface area contributed by atoms with Gasteiger partial charge in [0.25, 0.3) is 0 Å². The van der Waals surface area contributed by atoms with Crippen LogP contribution in [-0.2, 0) is 11.3 Å². The van der Waals surface area contributed by atoms with Crippen LogP contribution in [0.3, 0.4) is 0 Å². The van der Waals surface area contributed by atoms with E-state index in [0.29, 0.717) is 10.7 Å². The Morgan fingerprint density at radius 1 is 1.43 bits per heavy atom. The summed E-state index contributed by atoms with van der Waals surface area (Å²) in [5.41, 5.74) is 2.27. The number of hydrogen-bond acceptors (Lipinski definition) is 4. The number of thiazole rings is 1. The number of carbonyl (C=O) groups is 1. The summed E-state index contributed by atoms with van der Waals surface area (Å²) in [7, 11) is 0. The molecular weight excluding hydrogens is 334 g/mol. The first-order chi connectivity index (χ1) is 10.9. The third kappa shape index (κ3) is 4.01. The van der Waals surface area contributed by atoms with Crippen molar-refractivity contribution in [1.29, 1.82) is 5.26 Å². The number of hydrogen-bond donors (Lipinski definition) is 0. The van der Waals surface area contributed by atoms with Crippen molar-refractivity contribution in [2.75, 3.05) is 11.4 Å². The zero-order valence-corrected chi connectivity index (χ0v) is 14.4. The lowest BCUT2D eigenvalue weighted by atomic mass is 10.2. The normalized spacial score (nSPS) is 10.3. The van der Waals surface area contributed by atoms with Gasteiger partial charge in [-0.25, -0.2) is 0 Å². The third-order valence-electron chi connectivity index (χ3n) is 3.47. The molecule has 120 valence electrons. The molecule has 0 fully saturated rings. The van der Waals surface area contributed by atoms with E-state index in [4.69, 9.17) is 16.9 Å². The maximum Gasteiger partial charge on any atom is 0.307 e. The minimum absolute atomic E-state index is 0.0404. The number of aryl methyl sites for hydroxylation is 2. The van der Waals surface area contributed by atoms with E-state index in [1.807, 2.05) is 13.0 Å². The number of nitrogens with zero attached hydrogens (tertiary/aromatic N) is 3. The molecule has 7 heteroatoms. The smallest absolute Gasteiger partial charge is 0.307 e. The van der Waals surface area contributed by atoms with Crippen molar-refractivity contribution in [3.63, 3.8) is 0 Å². The number of benzene rings is 1. The largest absolute Gasteiger partial charge is 0.310 e. The highest BCUT2D eigenvalue weighted by Gasteiger charge is 2.18. The lowest BCUT2D eigenvalue weighted by Gasteiger charge is -2.23. The lowest BCUT2D eigenvalue weighted by Crippen LogP contribution is -2.36. The van der Waals surface area contributed by atoms with E-state index >= 15 is 0 Å². The molecule has 1 aromatic carbocycles. The van der Waals surface area contributed by atoms with Crippen molar-refractivity contribution in [3.8, 4) is 6.07 Å². The van der Waals surface area contributed by atoms with E-state index in [0.717, 1.165) is 22.6 Å². The number of halogens is 1. The first kappa shape index (κ1) is 17.3.